The first kappa shape index (κ1) is 16.1. The Morgan fingerprint density at radius 3 is 2.72 bits per heavy atom. The van der Waals surface area contributed by atoms with Gasteiger partial charge in [0.15, 0.2) is 0 Å². The molecule has 0 aliphatic carbocycles. The van der Waals surface area contributed by atoms with Crippen LogP contribution in [0.1, 0.15) is 19.4 Å². The fourth-order valence-electron chi connectivity index (χ4n) is 3.98. The van der Waals surface area contributed by atoms with E-state index in [2.05, 4.69) is 0 Å². The molecule has 0 unspecified atom stereocenters. The lowest BCUT2D eigenvalue weighted by molar-refractivity contribution is -0.396. The third kappa shape index (κ3) is 2.06. The lowest BCUT2D eigenvalue weighted by atomic mass is 9.68. The maximum absolute atomic E-state index is 12.9. The second-order valence-electron chi connectivity index (χ2n) is 6.50. The van der Waals surface area contributed by atoms with Gasteiger partial charge in [0.05, 0.1) is 18.8 Å². The Hall–Kier alpha value is -2.37. The molecule has 25 heavy (non-hydrogen) atoms. The monoisotopic (exact) mass is 340 g/mol. The summed E-state index contributed by atoms with van der Waals surface area (Å²) in [6.45, 7) is 3.55. The molecule has 5 heteroatoms. The first-order valence-electron chi connectivity index (χ1n) is 8.39. The number of aliphatic hydroxyl groups is 1. The molecule has 2 aromatic rings. The van der Waals surface area contributed by atoms with E-state index in [0.29, 0.717) is 5.56 Å². The van der Waals surface area contributed by atoms with E-state index in [0.717, 1.165) is 16.3 Å². The zero-order valence-corrected chi connectivity index (χ0v) is 14.2. The minimum absolute atomic E-state index is 0.250. The second-order valence-corrected chi connectivity index (χ2v) is 6.50. The minimum Gasteiger partial charge on any atom is -0.467 e. The quantitative estimate of drug-likeness (QED) is 0.867. The van der Waals surface area contributed by atoms with E-state index >= 15 is 0 Å². The van der Waals surface area contributed by atoms with Crippen LogP contribution in [0.2, 0.25) is 0 Å². The van der Waals surface area contributed by atoms with Crippen LogP contribution in [-0.2, 0) is 24.6 Å². The molecule has 0 saturated carbocycles. The van der Waals surface area contributed by atoms with Gasteiger partial charge in [-0.1, -0.05) is 36.4 Å². The summed E-state index contributed by atoms with van der Waals surface area (Å²) in [6, 6.07) is 13.7. The minimum atomic E-state index is -1.31. The number of benzene rings is 2. The Kier molecular flexibility index (Phi) is 3.60. The van der Waals surface area contributed by atoms with Gasteiger partial charge in [0.25, 0.3) is 0 Å². The molecule has 0 amide bonds. The summed E-state index contributed by atoms with van der Waals surface area (Å²) in [6.07, 6.45) is 1.56. The van der Waals surface area contributed by atoms with Crippen molar-refractivity contribution in [1.29, 1.82) is 0 Å². The van der Waals surface area contributed by atoms with Crippen LogP contribution in [0.3, 0.4) is 0 Å². The van der Waals surface area contributed by atoms with Crippen molar-refractivity contribution in [2.45, 2.75) is 25.2 Å². The molecule has 5 nitrogen and oxygen atoms in total. The van der Waals surface area contributed by atoms with Gasteiger partial charge in [-0.15, -0.1) is 0 Å². The van der Waals surface area contributed by atoms with Gasteiger partial charge in [-0.2, -0.15) is 0 Å². The van der Waals surface area contributed by atoms with E-state index < -0.39 is 23.3 Å². The molecular formula is C20H20O5. The number of fused-ring (bicyclic) bond motifs is 2. The van der Waals surface area contributed by atoms with Crippen molar-refractivity contribution in [2.24, 2.45) is 5.92 Å². The number of esters is 1. The number of hydrogen-bond acceptors (Lipinski definition) is 5. The fraction of sp³-hybridized carbons (Fsp3) is 0.350. The molecule has 1 fully saturated rings. The van der Waals surface area contributed by atoms with E-state index in [1.165, 1.54) is 0 Å². The summed E-state index contributed by atoms with van der Waals surface area (Å²) in [7, 11) is 0. The van der Waals surface area contributed by atoms with Gasteiger partial charge < -0.3 is 19.3 Å². The summed E-state index contributed by atoms with van der Waals surface area (Å²) >= 11 is 0. The average Bonchev–Trinajstić information content (AvgIpc) is 2.87. The molecule has 2 heterocycles. The van der Waals surface area contributed by atoms with Crippen molar-refractivity contribution < 1.29 is 24.1 Å². The molecule has 4 rings (SSSR count). The largest absolute Gasteiger partial charge is 0.467 e. The molecule has 0 aromatic heterocycles. The number of aliphatic hydroxyl groups excluding tert-OH is 1. The molecule has 130 valence electrons. The maximum Gasteiger partial charge on any atom is 0.344 e. The van der Waals surface area contributed by atoms with Crippen LogP contribution in [0.5, 0.6) is 0 Å². The Bertz CT molecular complexity index is 873. The van der Waals surface area contributed by atoms with Gasteiger partial charge in [-0.3, -0.25) is 0 Å². The van der Waals surface area contributed by atoms with Crippen molar-refractivity contribution in [3.8, 4) is 0 Å². The molecular weight excluding hydrogens is 320 g/mol. The van der Waals surface area contributed by atoms with Crippen LogP contribution in [0.25, 0.3) is 10.8 Å². The Morgan fingerprint density at radius 1 is 1.24 bits per heavy atom. The number of carbonyl (C=O) groups is 1. The van der Waals surface area contributed by atoms with E-state index in [-0.39, 0.29) is 13.2 Å². The predicted molar refractivity (Wildman–Crippen MR) is 91.5 cm³/mol. The van der Waals surface area contributed by atoms with Crippen molar-refractivity contribution in [3.05, 3.63) is 59.9 Å². The van der Waals surface area contributed by atoms with Crippen molar-refractivity contribution in [1.82, 2.24) is 0 Å². The molecule has 0 bridgehead atoms. The highest BCUT2D eigenvalue weighted by Crippen LogP contribution is 2.60. The standard InChI is InChI=1S/C20H20O5/c1-3-23-18(22)20(17-13(2)11-24-19(17,12-21)25-20)16-9-8-14-6-4-5-7-15(14)10-16/h4-11,17,21H,3,12H2,1-2H3/t17-,19-,20-/m0/s1. The third-order valence-corrected chi connectivity index (χ3v) is 5.06. The fourth-order valence-corrected chi connectivity index (χ4v) is 3.98. The Balaban J connectivity index is 1.87. The lowest BCUT2D eigenvalue weighted by Crippen LogP contribution is -2.70. The number of carbonyl (C=O) groups excluding carboxylic acids is 1. The highest BCUT2D eigenvalue weighted by Gasteiger charge is 2.74. The van der Waals surface area contributed by atoms with Gasteiger partial charge in [0, 0.05) is 0 Å². The molecule has 0 radical (unpaired) electrons. The molecule has 2 aliphatic rings. The topological polar surface area (TPSA) is 65.0 Å². The maximum atomic E-state index is 12.9. The molecule has 1 saturated heterocycles. The van der Waals surface area contributed by atoms with Gasteiger partial charge in [0.1, 0.15) is 6.61 Å². The van der Waals surface area contributed by atoms with Crippen molar-refractivity contribution in [2.75, 3.05) is 13.2 Å². The highest BCUT2D eigenvalue weighted by molar-refractivity contribution is 5.89. The first-order chi connectivity index (χ1) is 12.1. The van der Waals surface area contributed by atoms with Crippen LogP contribution in [0.4, 0.5) is 0 Å². The van der Waals surface area contributed by atoms with E-state index in [1.54, 1.807) is 13.2 Å². The smallest absolute Gasteiger partial charge is 0.344 e. The van der Waals surface area contributed by atoms with Crippen molar-refractivity contribution in [3.63, 3.8) is 0 Å². The van der Waals surface area contributed by atoms with E-state index in [9.17, 15) is 9.90 Å². The van der Waals surface area contributed by atoms with Crippen LogP contribution < -0.4 is 0 Å². The molecule has 2 aromatic carbocycles. The summed E-state index contributed by atoms with van der Waals surface area (Å²) in [4.78, 5) is 12.9. The zero-order valence-electron chi connectivity index (χ0n) is 14.2. The highest BCUT2D eigenvalue weighted by atomic mass is 16.8. The van der Waals surface area contributed by atoms with Gasteiger partial charge in [-0.05, 0) is 41.8 Å². The van der Waals surface area contributed by atoms with E-state index in [1.807, 2.05) is 49.4 Å². The molecule has 0 spiro atoms. The summed E-state index contributed by atoms with van der Waals surface area (Å²) < 4.78 is 16.9. The van der Waals surface area contributed by atoms with Crippen LogP contribution in [-0.4, -0.2) is 30.1 Å². The van der Waals surface area contributed by atoms with Crippen LogP contribution >= 0.6 is 0 Å². The normalized spacial score (nSPS) is 30.2. The SMILES string of the molecule is CCOC(=O)[C@@]1(c2ccc3ccccc3c2)O[C@]2(CO)OC=C(C)[C@@H]21. The molecule has 2 aliphatic heterocycles. The number of ether oxygens (including phenoxy) is 3. The van der Waals surface area contributed by atoms with E-state index in [4.69, 9.17) is 14.2 Å². The van der Waals surface area contributed by atoms with Gasteiger partial charge in [0.2, 0.25) is 11.4 Å². The van der Waals surface area contributed by atoms with Crippen molar-refractivity contribution >= 4 is 16.7 Å². The predicted octanol–water partition coefficient (Wildman–Crippen LogP) is 2.87. The lowest BCUT2D eigenvalue weighted by Gasteiger charge is -2.56. The number of hydrogen-bond donors (Lipinski definition) is 1. The number of rotatable bonds is 4. The molecule has 1 N–H and O–H groups in total. The first-order valence-corrected chi connectivity index (χ1v) is 8.39. The Labute approximate surface area is 145 Å². The molecule has 3 atom stereocenters. The van der Waals surface area contributed by atoms with Gasteiger partial charge in [-0.25, -0.2) is 4.79 Å². The summed E-state index contributed by atoms with van der Waals surface area (Å²) in [5, 5.41) is 11.9. The van der Waals surface area contributed by atoms with Crippen LogP contribution in [0, 0.1) is 5.92 Å². The van der Waals surface area contributed by atoms with Gasteiger partial charge >= 0.3 is 5.97 Å². The second kappa shape index (κ2) is 5.58. The third-order valence-electron chi connectivity index (χ3n) is 5.06. The zero-order chi connectivity index (χ0) is 17.7. The summed E-state index contributed by atoms with van der Waals surface area (Å²) in [5.41, 5.74) is 0.248. The average molecular weight is 340 g/mol. The van der Waals surface area contributed by atoms with Crippen LogP contribution in [0.15, 0.2) is 54.3 Å². The summed E-state index contributed by atoms with van der Waals surface area (Å²) in [5.74, 6) is -2.09. The Morgan fingerprint density at radius 2 is 2.00 bits per heavy atom.